The smallest absolute Gasteiger partial charge is 0.362 e. The number of benzene rings is 1. The van der Waals surface area contributed by atoms with Crippen LogP contribution in [0, 0.1) is 30.6 Å². The van der Waals surface area contributed by atoms with Crippen LogP contribution in [-0.4, -0.2) is 62.5 Å². The highest BCUT2D eigenvalue weighted by Gasteiger charge is 2.64. The van der Waals surface area contributed by atoms with Gasteiger partial charge in [-0.05, 0) is 106 Å². The van der Waals surface area contributed by atoms with Gasteiger partial charge in [-0.2, -0.15) is 17.9 Å². The number of alkyl halides is 3. The summed E-state index contributed by atoms with van der Waals surface area (Å²) in [5, 5.41) is 6.28. The second kappa shape index (κ2) is 10.9. The van der Waals surface area contributed by atoms with Gasteiger partial charge in [-0.25, -0.2) is 8.42 Å². The number of hydrogen-bond donors (Lipinski definition) is 3. The first-order valence-electron chi connectivity index (χ1n) is 16.4. The maximum atomic E-state index is 14.4. The van der Waals surface area contributed by atoms with Crippen LogP contribution < -0.4 is 15.4 Å². The Balaban J connectivity index is 1.22. The van der Waals surface area contributed by atoms with Crippen molar-refractivity contribution in [1.29, 1.82) is 0 Å². The molecular formula is C32H47F3N4O3S. The van der Waals surface area contributed by atoms with Gasteiger partial charge in [-0.1, -0.05) is 24.6 Å². The number of nitrogens with one attached hydrogen (secondary N) is 3. The Bertz CT molecular complexity index is 1290. The van der Waals surface area contributed by atoms with E-state index >= 15 is 0 Å². The molecule has 1 aromatic carbocycles. The maximum absolute atomic E-state index is 14.4. The van der Waals surface area contributed by atoms with E-state index in [2.05, 4.69) is 46.2 Å². The summed E-state index contributed by atoms with van der Waals surface area (Å²) in [5.74, 6) is 0.137. The number of nitrogens with zero attached hydrogens (tertiary/aromatic N) is 1. The van der Waals surface area contributed by atoms with Crippen molar-refractivity contribution in [3.05, 3.63) is 34.9 Å². The van der Waals surface area contributed by atoms with Gasteiger partial charge >= 0.3 is 6.18 Å². The summed E-state index contributed by atoms with van der Waals surface area (Å²) >= 11 is 0. The van der Waals surface area contributed by atoms with Gasteiger partial charge in [0.15, 0.2) is 0 Å². The molecule has 7 nitrogen and oxygen atoms in total. The first-order valence-corrected chi connectivity index (χ1v) is 17.9. The molecule has 0 amide bonds. The highest BCUT2D eigenvalue weighted by atomic mass is 32.2. The zero-order chi connectivity index (χ0) is 30.2. The molecule has 2 saturated heterocycles. The van der Waals surface area contributed by atoms with Crippen molar-refractivity contribution >= 4 is 10.0 Å². The van der Waals surface area contributed by atoms with Crippen molar-refractivity contribution < 1.29 is 26.3 Å². The lowest BCUT2D eigenvalue weighted by Crippen LogP contribution is -2.64. The first kappa shape index (κ1) is 30.4. The van der Waals surface area contributed by atoms with E-state index in [1.807, 2.05) is 6.07 Å². The number of rotatable bonds is 4. The minimum Gasteiger partial charge on any atom is -0.362 e. The van der Waals surface area contributed by atoms with Crippen molar-refractivity contribution in [3.63, 3.8) is 0 Å². The monoisotopic (exact) mass is 624 g/mol. The van der Waals surface area contributed by atoms with Crippen LogP contribution in [0.15, 0.2) is 18.2 Å². The predicted molar refractivity (Wildman–Crippen MR) is 158 cm³/mol. The van der Waals surface area contributed by atoms with Gasteiger partial charge in [0.25, 0.3) is 0 Å². The van der Waals surface area contributed by atoms with Crippen molar-refractivity contribution in [2.75, 3.05) is 13.2 Å². The topological polar surface area (TPSA) is 82.7 Å². The van der Waals surface area contributed by atoms with Crippen LogP contribution in [0.5, 0.6) is 0 Å². The van der Waals surface area contributed by atoms with E-state index in [0.29, 0.717) is 31.2 Å². The van der Waals surface area contributed by atoms with Crippen LogP contribution in [0.1, 0.15) is 99.8 Å². The molecule has 2 aliphatic heterocycles. The molecule has 4 aliphatic carbocycles. The molecule has 2 heterocycles. The zero-order valence-electron chi connectivity index (χ0n) is 25.4. The lowest BCUT2D eigenvalue weighted by molar-refractivity contribution is -0.196. The van der Waals surface area contributed by atoms with Crippen molar-refractivity contribution in [3.8, 4) is 0 Å². The number of ether oxygens (including phenoxy) is 1. The van der Waals surface area contributed by atoms with E-state index in [1.165, 1.54) is 12.8 Å². The number of halogens is 3. The minimum atomic E-state index is -4.23. The van der Waals surface area contributed by atoms with Gasteiger partial charge < -0.3 is 4.74 Å². The summed E-state index contributed by atoms with van der Waals surface area (Å²) in [6.45, 7) is 4.96. The Labute approximate surface area is 254 Å². The maximum Gasteiger partial charge on any atom is 0.394 e. The molecule has 6 aliphatic rings. The fourth-order valence-electron chi connectivity index (χ4n) is 8.86. The highest BCUT2D eigenvalue weighted by molar-refractivity contribution is 7.90. The summed E-state index contributed by atoms with van der Waals surface area (Å²) in [5.41, 5.74) is 2.11. The summed E-state index contributed by atoms with van der Waals surface area (Å²) < 4.78 is 80.1. The van der Waals surface area contributed by atoms with E-state index in [-0.39, 0.29) is 49.9 Å². The molecule has 4 saturated carbocycles. The van der Waals surface area contributed by atoms with E-state index in [0.717, 1.165) is 42.4 Å². The Hall–Kier alpha value is -1.24. The Morgan fingerprint density at radius 3 is 2.40 bits per heavy atom. The molecule has 6 atom stereocenters. The minimum absolute atomic E-state index is 0.0570. The van der Waals surface area contributed by atoms with Gasteiger partial charge in [-0.3, -0.25) is 15.5 Å². The van der Waals surface area contributed by atoms with Gasteiger partial charge in [0.05, 0.1) is 17.3 Å². The molecule has 7 rings (SSSR count). The van der Waals surface area contributed by atoms with E-state index < -0.39 is 39.4 Å². The number of fused-ring (bicyclic) bond motifs is 4. The molecule has 240 valence electrons. The zero-order valence-corrected chi connectivity index (χ0v) is 26.2. The molecular weight excluding hydrogens is 577 g/mol. The lowest BCUT2D eigenvalue weighted by atomic mass is 9.74. The third-order valence-electron chi connectivity index (χ3n) is 11.8. The molecule has 43 heavy (non-hydrogen) atoms. The van der Waals surface area contributed by atoms with Crippen LogP contribution in [-0.2, 0) is 14.8 Å². The largest absolute Gasteiger partial charge is 0.394 e. The molecule has 1 aromatic rings. The van der Waals surface area contributed by atoms with Crippen LogP contribution >= 0.6 is 0 Å². The Morgan fingerprint density at radius 1 is 1.02 bits per heavy atom. The van der Waals surface area contributed by atoms with E-state index in [1.54, 1.807) is 0 Å². The molecule has 0 radical (unpaired) electrons. The average Bonchev–Trinajstić information content (AvgIpc) is 3.83. The van der Waals surface area contributed by atoms with Gasteiger partial charge in [0.2, 0.25) is 10.0 Å². The highest BCUT2D eigenvalue weighted by Crippen LogP contribution is 2.64. The Kier molecular flexibility index (Phi) is 7.74. The molecule has 4 bridgehead atoms. The summed E-state index contributed by atoms with van der Waals surface area (Å²) in [6.07, 6.45) is 2.89. The molecule has 1 spiro atoms. The van der Waals surface area contributed by atoms with Crippen molar-refractivity contribution in [2.24, 2.45) is 16.7 Å². The quantitative estimate of drug-likeness (QED) is 0.417. The fourth-order valence-corrected chi connectivity index (χ4v) is 10.5. The van der Waals surface area contributed by atoms with E-state index in [4.69, 9.17) is 4.74 Å². The molecule has 11 heteroatoms. The normalized spacial score (nSPS) is 37.4. The summed E-state index contributed by atoms with van der Waals surface area (Å²) in [6, 6.07) is 5.83. The predicted octanol–water partition coefficient (Wildman–Crippen LogP) is 5.39. The third kappa shape index (κ3) is 6.03. The van der Waals surface area contributed by atoms with Crippen molar-refractivity contribution in [1.82, 2.24) is 20.3 Å². The first-order chi connectivity index (χ1) is 20.4. The van der Waals surface area contributed by atoms with Gasteiger partial charge in [-0.15, -0.1) is 0 Å². The summed E-state index contributed by atoms with van der Waals surface area (Å²) in [7, 11) is -3.66. The van der Waals surface area contributed by atoms with Crippen LogP contribution in [0.25, 0.3) is 0 Å². The number of aryl methyl sites for hydroxylation is 2. The number of sulfonamides is 1. The average molecular weight is 625 g/mol. The second-order valence-electron chi connectivity index (χ2n) is 14.9. The number of hydrogen-bond acceptors (Lipinski definition) is 6. The summed E-state index contributed by atoms with van der Waals surface area (Å²) in [4.78, 5) is 2.36. The lowest BCUT2D eigenvalue weighted by Gasteiger charge is -2.49. The molecule has 5 unspecified atom stereocenters. The van der Waals surface area contributed by atoms with Crippen LogP contribution in [0.4, 0.5) is 13.2 Å². The van der Waals surface area contributed by atoms with Gasteiger partial charge in [0, 0.05) is 31.1 Å². The fraction of sp³-hybridized carbons (Fsp3) is 0.812. The molecule has 0 aromatic heterocycles. The molecule has 3 N–H and O–H groups in total. The van der Waals surface area contributed by atoms with Crippen LogP contribution in [0.2, 0.25) is 0 Å². The standard InChI is InChI=1S/C32H47F3N4O3S/c1-20-5-3-6-21(2)28(20)26-14-27-37-29(36-26)38-43(40,41)25-8-4-7-22(13-25)18-39(23-15-30(16-23)9-10-30)24(19-42-27)17-31(11-12-31)32(33,34)35/h3,5-6,22-27,29,36-38H,4,7-19H2,1-2H3/t22?,24-,25?,26?,27?,29?/m1/s1. The third-order valence-corrected chi connectivity index (χ3v) is 13.7. The SMILES string of the molecule is Cc1cccc(C)c1C1CC2NC(N1)NS(=O)(=O)C1CCCC(C1)CN(C1CC3(CC3)C1)[C@H](CC1(C(F)(F)F)CC1)CO2. The molecule has 6 fully saturated rings. The second-order valence-corrected chi connectivity index (χ2v) is 16.9. The van der Waals surface area contributed by atoms with Crippen LogP contribution in [0.3, 0.4) is 0 Å². The van der Waals surface area contributed by atoms with E-state index in [9.17, 15) is 21.6 Å². The van der Waals surface area contributed by atoms with Gasteiger partial charge in [0.1, 0.15) is 12.5 Å². The Morgan fingerprint density at radius 2 is 1.74 bits per heavy atom. The van der Waals surface area contributed by atoms with Crippen molar-refractivity contribution in [2.45, 2.75) is 133 Å².